The Morgan fingerprint density at radius 1 is 1.38 bits per heavy atom. The van der Waals surface area contributed by atoms with Crippen LogP contribution < -0.4 is 4.74 Å². The van der Waals surface area contributed by atoms with Gasteiger partial charge in [-0.1, -0.05) is 32.1 Å². The van der Waals surface area contributed by atoms with Crippen molar-refractivity contribution in [3.05, 3.63) is 41.5 Å². The molecule has 0 amide bonds. The molecule has 0 fully saturated rings. The first-order valence-corrected chi connectivity index (χ1v) is 5.97. The van der Waals surface area contributed by atoms with Gasteiger partial charge in [0.2, 0.25) is 0 Å². The molecular formula is C15H22O. The number of hydrogen-bond acceptors (Lipinski definition) is 1. The monoisotopic (exact) mass is 218 g/mol. The molecule has 1 aromatic rings. The van der Waals surface area contributed by atoms with Gasteiger partial charge in [-0.2, -0.15) is 0 Å². The number of hydrogen-bond donors (Lipinski definition) is 0. The highest BCUT2D eigenvalue weighted by Gasteiger charge is 2.04. The summed E-state index contributed by atoms with van der Waals surface area (Å²) in [5, 5.41) is 0. The Hall–Kier alpha value is -1.24. The molecule has 0 saturated carbocycles. The summed E-state index contributed by atoms with van der Waals surface area (Å²) in [5.41, 5.74) is 2.73. The zero-order valence-electron chi connectivity index (χ0n) is 10.8. The van der Waals surface area contributed by atoms with E-state index in [0.717, 1.165) is 18.6 Å². The molecule has 0 saturated heterocycles. The molecule has 0 heterocycles. The molecule has 0 aliphatic carbocycles. The van der Waals surface area contributed by atoms with Gasteiger partial charge in [0.1, 0.15) is 5.75 Å². The third-order valence-corrected chi connectivity index (χ3v) is 2.79. The van der Waals surface area contributed by atoms with Gasteiger partial charge < -0.3 is 4.74 Å². The number of methoxy groups -OCH3 is 1. The predicted molar refractivity (Wildman–Crippen MR) is 70.0 cm³/mol. The van der Waals surface area contributed by atoms with Crippen molar-refractivity contribution in [3.63, 3.8) is 0 Å². The van der Waals surface area contributed by atoms with Gasteiger partial charge in [-0.15, -0.1) is 0 Å². The number of rotatable bonds is 5. The smallest absolute Gasteiger partial charge is 0.119 e. The van der Waals surface area contributed by atoms with Crippen LogP contribution >= 0.6 is 0 Å². The van der Waals surface area contributed by atoms with E-state index >= 15 is 0 Å². The molecule has 0 N–H and O–H groups in total. The number of ether oxygens (including phenoxy) is 1. The Balaban J connectivity index is 2.70. The molecule has 0 aromatic heterocycles. The minimum atomic E-state index is 0.604. The van der Waals surface area contributed by atoms with Crippen LogP contribution in [0.2, 0.25) is 0 Å². The van der Waals surface area contributed by atoms with Gasteiger partial charge in [-0.3, -0.25) is 0 Å². The van der Waals surface area contributed by atoms with Crippen LogP contribution in [0.1, 0.15) is 31.4 Å². The fraction of sp³-hybridized carbons (Fsp3) is 0.467. The lowest BCUT2D eigenvalue weighted by Gasteiger charge is -2.11. The topological polar surface area (TPSA) is 9.23 Å². The Morgan fingerprint density at radius 2 is 2.12 bits per heavy atom. The van der Waals surface area contributed by atoms with Gasteiger partial charge >= 0.3 is 0 Å². The predicted octanol–water partition coefficient (Wildman–Crippen LogP) is 4.15. The second-order valence-electron chi connectivity index (χ2n) is 4.31. The van der Waals surface area contributed by atoms with E-state index in [2.05, 4.69) is 45.1 Å². The van der Waals surface area contributed by atoms with Crippen LogP contribution in [0, 0.1) is 12.8 Å². The highest BCUT2D eigenvalue weighted by Crippen LogP contribution is 2.20. The first-order chi connectivity index (χ1) is 7.67. The average Bonchev–Trinajstić information content (AvgIpc) is 2.29. The number of benzene rings is 1. The first kappa shape index (κ1) is 12.8. The maximum Gasteiger partial charge on any atom is 0.119 e. The van der Waals surface area contributed by atoms with Crippen LogP contribution in [0.3, 0.4) is 0 Å². The van der Waals surface area contributed by atoms with Gasteiger partial charge in [-0.25, -0.2) is 0 Å². The Bertz CT molecular complexity index is 352. The lowest BCUT2D eigenvalue weighted by Crippen LogP contribution is -1.98. The number of allylic oxidation sites excluding steroid dienone is 2. The summed E-state index contributed by atoms with van der Waals surface area (Å²) < 4.78 is 5.21. The van der Waals surface area contributed by atoms with Gasteiger partial charge in [0.05, 0.1) is 7.11 Å². The summed E-state index contributed by atoms with van der Waals surface area (Å²) in [6, 6.07) is 6.31. The summed E-state index contributed by atoms with van der Waals surface area (Å²) in [5.74, 6) is 1.55. The van der Waals surface area contributed by atoms with Crippen LogP contribution in [0.4, 0.5) is 0 Å². The Kier molecular flexibility index (Phi) is 5.10. The standard InChI is InChI=1S/C15H22O/c1-5-6-7-12(2)10-14-8-9-15(16-4)11-13(14)3/h6-9,11-12H,5,10H2,1-4H3/b7-6-. The summed E-state index contributed by atoms with van der Waals surface area (Å²) in [6.45, 7) is 6.58. The van der Waals surface area contributed by atoms with Crippen molar-refractivity contribution in [3.8, 4) is 5.75 Å². The second-order valence-corrected chi connectivity index (χ2v) is 4.31. The van der Waals surface area contributed by atoms with Crippen molar-refractivity contribution in [2.24, 2.45) is 5.92 Å². The van der Waals surface area contributed by atoms with Crippen LogP contribution in [0.15, 0.2) is 30.4 Å². The summed E-state index contributed by atoms with van der Waals surface area (Å²) in [4.78, 5) is 0. The van der Waals surface area contributed by atoms with Gasteiger partial charge in [0, 0.05) is 0 Å². The fourth-order valence-corrected chi connectivity index (χ4v) is 1.81. The fourth-order valence-electron chi connectivity index (χ4n) is 1.81. The van der Waals surface area contributed by atoms with Crippen molar-refractivity contribution in [1.29, 1.82) is 0 Å². The van der Waals surface area contributed by atoms with E-state index in [4.69, 9.17) is 4.74 Å². The van der Waals surface area contributed by atoms with E-state index in [1.54, 1.807) is 7.11 Å². The molecule has 88 valence electrons. The molecule has 1 unspecified atom stereocenters. The van der Waals surface area contributed by atoms with E-state index in [1.807, 2.05) is 6.07 Å². The quantitative estimate of drug-likeness (QED) is 0.675. The molecule has 1 atom stereocenters. The molecule has 1 nitrogen and oxygen atoms in total. The van der Waals surface area contributed by atoms with E-state index < -0.39 is 0 Å². The summed E-state index contributed by atoms with van der Waals surface area (Å²) >= 11 is 0. The number of aryl methyl sites for hydroxylation is 1. The first-order valence-electron chi connectivity index (χ1n) is 5.97. The average molecular weight is 218 g/mol. The van der Waals surface area contributed by atoms with Gasteiger partial charge in [0.25, 0.3) is 0 Å². The van der Waals surface area contributed by atoms with E-state index in [0.29, 0.717) is 5.92 Å². The molecule has 1 aromatic carbocycles. The Morgan fingerprint density at radius 3 is 2.69 bits per heavy atom. The minimum absolute atomic E-state index is 0.604. The van der Waals surface area contributed by atoms with Crippen molar-refractivity contribution >= 4 is 0 Å². The van der Waals surface area contributed by atoms with Crippen LogP contribution in [0.5, 0.6) is 5.75 Å². The SMILES string of the molecule is CC/C=C\C(C)Cc1ccc(OC)cc1C. The molecule has 1 rings (SSSR count). The van der Waals surface area contributed by atoms with Crippen molar-refractivity contribution in [1.82, 2.24) is 0 Å². The van der Waals surface area contributed by atoms with Crippen molar-refractivity contribution < 1.29 is 4.74 Å². The molecule has 1 heteroatoms. The van der Waals surface area contributed by atoms with Crippen molar-refractivity contribution in [2.75, 3.05) is 7.11 Å². The zero-order valence-corrected chi connectivity index (χ0v) is 10.8. The molecule has 16 heavy (non-hydrogen) atoms. The Labute approximate surface area is 99.1 Å². The van der Waals surface area contributed by atoms with Crippen molar-refractivity contribution in [2.45, 2.75) is 33.6 Å². The van der Waals surface area contributed by atoms with Gasteiger partial charge in [-0.05, 0) is 48.9 Å². The molecule has 0 bridgehead atoms. The third-order valence-electron chi connectivity index (χ3n) is 2.79. The maximum absolute atomic E-state index is 5.21. The normalized spacial score (nSPS) is 13.0. The van der Waals surface area contributed by atoms with Crippen LogP contribution in [-0.4, -0.2) is 7.11 Å². The van der Waals surface area contributed by atoms with Gasteiger partial charge in [0.15, 0.2) is 0 Å². The molecule has 0 aliphatic heterocycles. The highest BCUT2D eigenvalue weighted by atomic mass is 16.5. The summed E-state index contributed by atoms with van der Waals surface area (Å²) in [7, 11) is 1.71. The minimum Gasteiger partial charge on any atom is -0.497 e. The van der Waals surface area contributed by atoms with E-state index in [1.165, 1.54) is 11.1 Å². The lowest BCUT2D eigenvalue weighted by atomic mass is 9.97. The second kappa shape index (κ2) is 6.37. The highest BCUT2D eigenvalue weighted by molar-refractivity contribution is 5.35. The van der Waals surface area contributed by atoms with Crippen LogP contribution in [-0.2, 0) is 6.42 Å². The molecule has 0 spiro atoms. The largest absolute Gasteiger partial charge is 0.497 e. The molecule has 0 aliphatic rings. The molecule has 0 radical (unpaired) electrons. The molecular weight excluding hydrogens is 196 g/mol. The van der Waals surface area contributed by atoms with E-state index in [9.17, 15) is 0 Å². The lowest BCUT2D eigenvalue weighted by molar-refractivity contribution is 0.414. The maximum atomic E-state index is 5.21. The van der Waals surface area contributed by atoms with E-state index in [-0.39, 0.29) is 0 Å². The zero-order chi connectivity index (χ0) is 12.0. The third kappa shape index (κ3) is 3.73. The van der Waals surface area contributed by atoms with Crippen LogP contribution in [0.25, 0.3) is 0 Å². The summed E-state index contributed by atoms with van der Waals surface area (Å²) in [6.07, 6.45) is 6.76.